The molecule has 5 nitrogen and oxygen atoms in total. The Kier molecular flexibility index (Phi) is 11.2. The van der Waals surface area contributed by atoms with E-state index >= 15 is 0 Å². The van der Waals surface area contributed by atoms with Crippen molar-refractivity contribution in [1.82, 2.24) is 5.32 Å². The SMILES string of the molecule is CSCCC(NC(=O)c1ccc(C(N)(Sc2cccc(C3CCCCC3)c2)C(C)C)cc1-c1ccccc1C)C(=O)O. The summed E-state index contributed by atoms with van der Waals surface area (Å²) in [6, 6.07) is 21.6. The first-order chi connectivity index (χ1) is 20.1. The number of hydrogen-bond donors (Lipinski definition) is 3. The van der Waals surface area contributed by atoms with Crippen molar-refractivity contribution in [3.8, 4) is 11.1 Å². The van der Waals surface area contributed by atoms with Crippen LogP contribution in [0.3, 0.4) is 0 Å². The number of nitrogens with two attached hydrogens (primary N) is 1. The van der Waals surface area contributed by atoms with Gasteiger partial charge in [-0.1, -0.05) is 87.3 Å². The maximum absolute atomic E-state index is 13.6. The minimum atomic E-state index is -1.03. The lowest BCUT2D eigenvalue weighted by Crippen LogP contribution is -2.41. The van der Waals surface area contributed by atoms with Gasteiger partial charge in [0.15, 0.2) is 0 Å². The van der Waals surface area contributed by atoms with E-state index in [9.17, 15) is 14.7 Å². The zero-order valence-electron chi connectivity index (χ0n) is 25.2. The summed E-state index contributed by atoms with van der Waals surface area (Å²) in [6.07, 6.45) is 8.69. The molecule has 1 amide bonds. The Morgan fingerprint density at radius 1 is 1.00 bits per heavy atom. The van der Waals surface area contributed by atoms with Crippen LogP contribution in [0.1, 0.15) is 85.3 Å². The molecular formula is C35H44N2O3S2. The minimum absolute atomic E-state index is 0.0909. The lowest BCUT2D eigenvalue weighted by molar-refractivity contribution is -0.139. The minimum Gasteiger partial charge on any atom is -0.480 e. The number of rotatable bonds is 12. The summed E-state index contributed by atoms with van der Waals surface area (Å²) < 4.78 is 0. The van der Waals surface area contributed by atoms with Crippen molar-refractivity contribution in [2.24, 2.45) is 11.7 Å². The number of carbonyl (C=O) groups is 2. The molecule has 4 rings (SSSR count). The number of carboxylic acid groups (broad SMARTS) is 1. The molecule has 0 spiro atoms. The van der Waals surface area contributed by atoms with Crippen LogP contribution in [0.4, 0.5) is 0 Å². The number of hydrogen-bond acceptors (Lipinski definition) is 5. The fourth-order valence-electron chi connectivity index (χ4n) is 5.79. The van der Waals surface area contributed by atoms with Crippen molar-refractivity contribution in [3.63, 3.8) is 0 Å². The standard InChI is InChI=1S/C35H44N2O3S2/c1-23(2)35(36,42-28-15-10-14-26(21-28)25-12-6-5-7-13-25)27-17-18-30(31(22-27)29-16-9-8-11-24(29)3)33(38)37-32(34(39)40)19-20-41-4/h8-11,14-18,21-23,25,32H,5-7,12-13,19-20,36H2,1-4H3,(H,37,38)(H,39,40). The number of aryl methyl sites for hydroxylation is 1. The zero-order valence-corrected chi connectivity index (χ0v) is 26.8. The molecule has 0 saturated heterocycles. The number of benzene rings is 3. The number of nitrogens with one attached hydrogen (secondary N) is 1. The third-order valence-electron chi connectivity index (χ3n) is 8.44. The molecule has 0 aliphatic heterocycles. The molecule has 0 radical (unpaired) electrons. The van der Waals surface area contributed by atoms with Gasteiger partial charge >= 0.3 is 5.97 Å². The highest BCUT2D eigenvalue weighted by Gasteiger charge is 2.34. The van der Waals surface area contributed by atoms with Gasteiger partial charge in [0.1, 0.15) is 6.04 Å². The summed E-state index contributed by atoms with van der Waals surface area (Å²) >= 11 is 3.23. The summed E-state index contributed by atoms with van der Waals surface area (Å²) in [5.74, 6) is -0.0773. The maximum atomic E-state index is 13.6. The third kappa shape index (κ3) is 7.61. The first kappa shape index (κ1) is 32.2. The number of aliphatic carboxylic acids is 1. The highest BCUT2D eigenvalue weighted by molar-refractivity contribution is 8.00. The van der Waals surface area contributed by atoms with Gasteiger partial charge in [-0.2, -0.15) is 11.8 Å². The quantitative estimate of drug-likeness (QED) is 0.143. The van der Waals surface area contributed by atoms with Crippen molar-refractivity contribution in [3.05, 3.63) is 89.0 Å². The van der Waals surface area contributed by atoms with Crippen molar-refractivity contribution in [2.45, 2.75) is 81.0 Å². The van der Waals surface area contributed by atoms with Crippen LogP contribution in [-0.4, -0.2) is 35.0 Å². The molecule has 3 aromatic carbocycles. The third-order valence-corrected chi connectivity index (χ3v) is 10.6. The zero-order chi connectivity index (χ0) is 30.3. The normalized spacial score (nSPS) is 16.1. The Morgan fingerprint density at radius 3 is 2.40 bits per heavy atom. The molecule has 7 heteroatoms. The summed E-state index contributed by atoms with van der Waals surface area (Å²) in [5.41, 5.74) is 12.8. The van der Waals surface area contributed by atoms with Gasteiger partial charge in [-0.3, -0.25) is 4.79 Å². The fourth-order valence-corrected chi connectivity index (χ4v) is 7.47. The summed E-state index contributed by atoms with van der Waals surface area (Å²) in [5, 5.41) is 12.5. The van der Waals surface area contributed by atoms with Gasteiger partial charge in [-0.05, 0) is 102 Å². The highest BCUT2D eigenvalue weighted by atomic mass is 32.2. The number of carbonyl (C=O) groups excluding carboxylic acids is 1. The van der Waals surface area contributed by atoms with Gasteiger partial charge in [0.25, 0.3) is 5.91 Å². The number of amides is 1. The van der Waals surface area contributed by atoms with E-state index < -0.39 is 22.8 Å². The Balaban J connectivity index is 1.73. The molecule has 4 N–H and O–H groups in total. The van der Waals surface area contributed by atoms with Crippen molar-refractivity contribution < 1.29 is 14.7 Å². The van der Waals surface area contributed by atoms with E-state index in [4.69, 9.17) is 5.73 Å². The van der Waals surface area contributed by atoms with Crippen LogP contribution in [0.15, 0.2) is 71.6 Å². The molecule has 1 fully saturated rings. The average Bonchev–Trinajstić information content (AvgIpc) is 2.99. The lowest BCUT2D eigenvalue weighted by atomic mass is 9.84. The van der Waals surface area contributed by atoms with Crippen LogP contribution in [-0.2, 0) is 9.67 Å². The van der Waals surface area contributed by atoms with Crippen LogP contribution in [0.25, 0.3) is 11.1 Å². The molecule has 1 aliphatic rings. The van der Waals surface area contributed by atoms with Crippen LogP contribution >= 0.6 is 23.5 Å². The van der Waals surface area contributed by atoms with E-state index in [0.717, 1.165) is 27.1 Å². The molecule has 42 heavy (non-hydrogen) atoms. The smallest absolute Gasteiger partial charge is 0.326 e. The Morgan fingerprint density at radius 2 is 1.74 bits per heavy atom. The van der Waals surface area contributed by atoms with E-state index in [1.807, 2.05) is 55.6 Å². The van der Waals surface area contributed by atoms with Crippen LogP contribution < -0.4 is 11.1 Å². The van der Waals surface area contributed by atoms with Crippen molar-refractivity contribution in [2.75, 3.05) is 12.0 Å². The van der Waals surface area contributed by atoms with E-state index in [2.05, 4.69) is 43.4 Å². The first-order valence-electron chi connectivity index (χ1n) is 14.9. The van der Waals surface area contributed by atoms with Crippen LogP contribution in [0.5, 0.6) is 0 Å². The second-order valence-electron chi connectivity index (χ2n) is 11.7. The van der Waals surface area contributed by atoms with E-state index in [0.29, 0.717) is 23.7 Å². The molecule has 3 aromatic rings. The largest absolute Gasteiger partial charge is 0.480 e. The van der Waals surface area contributed by atoms with Crippen LogP contribution in [0, 0.1) is 12.8 Å². The van der Waals surface area contributed by atoms with E-state index in [1.165, 1.54) is 37.7 Å². The summed E-state index contributed by atoms with van der Waals surface area (Å²) in [4.78, 5) is 25.9. The average molecular weight is 605 g/mol. The van der Waals surface area contributed by atoms with E-state index in [1.54, 1.807) is 23.5 Å². The molecular weight excluding hydrogens is 561 g/mol. The fraction of sp³-hybridized carbons (Fsp3) is 0.429. The second kappa shape index (κ2) is 14.6. The van der Waals surface area contributed by atoms with Crippen LogP contribution in [0.2, 0.25) is 0 Å². The number of carboxylic acids is 1. The molecule has 0 bridgehead atoms. The highest BCUT2D eigenvalue weighted by Crippen LogP contribution is 2.45. The second-order valence-corrected chi connectivity index (χ2v) is 14.0. The lowest BCUT2D eigenvalue weighted by Gasteiger charge is -2.34. The van der Waals surface area contributed by atoms with Crippen molar-refractivity contribution in [1.29, 1.82) is 0 Å². The van der Waals surface area contributed by atoms with Gasteiger partial charge in [-0.15, -0.1) is 0 Å². The van der Waals surface area contributed by atoms with Crippen molar-refractivity contribution >= 4 is 35.4 Å². The Hall–Kier alpha value is -2.74. The monoisotopic (exact) mass is 604 g/mol. The molecule has 0 heterocycles. The van der Waals surface area contributed by atoms with Gasteiger partial charge < -0.3 is 16.2 Å². The molecule has 224 valence electrons. The molecule has 2 atom stereocenters. The molecule has 2 unspecified atom stereocenters. The predicted octanol–water partition coefficient (Wildman–Crippen LogP) is 8.21. The topological polar surface area (TPSA) is 92.4 Å². The Bertz CT molecular complexity index is 1390. The first-order valence-corrected chi connectivity index (χ1v) is 17.2. The Labute approximate surface area is 259 Å². The molecule has 1 aliphatic carbocycles. The predicted molar refractivity (Wildman–Crippen MR) is 177 cm³/mol. The molecule has 1 saturated carbocycles. The van der Waals surface area contributed by atoms with Gasteiger partial charge in [0.2, 0.25) is 0 Å². The summed E-state index contributed by atoms with van der Waals surface area (Å²) in [7, 11) is 0. The molecule has 0 aromatic heterocycles. The van der Waals surface area contributed by atoms with Gasteiger partial charge in [0, 0.05) is 10.5 Å². The number of thioether (sulfide) groups is 2. The summed E-state index contributed by atoms with van der Waals surface area (Å²) in [6.45, 7) is 6.29. The van der Waals surface area contributed by atoms with E-state index in [-0.39, 0.29) is 5.92 Å². The maximum Gasteiger partial charge on any atom is 0.326 e. The van der Waals surface area contributed by atoms with Gasteiger partial charge in [0.05, 0.1) is 4.87 Å². The van der Waals surface area contributed by atoms with Gasteiger partial charge in [-0.25, -0.2) is 4.79 Å².